The lowest BCUT2D eigenvalue weighted by Crippen LogP contribution is -2.15. The van der Waals surface area contributed by atoms with E-state index in [2.05, 4.69) is 31.2 Å². The average Bonchev–Trinajstić information content (AvgIpc) is 3.10. The zero-order valence-corrected chi connectivity index (χ0v) is 14.3. The van der Waals surface area contributed by atoms with Crippen LogP contribution in [-0.4, -0.2) is 15.9 Å². The molecule has 7 heteroatoms. The predicted octanol–water partition coefficient (Wildman–Crippen LogP) is 4.43. The van der Waals surface area contributed by atoms with Crippen molar-refractivity contribution in [3.8, 4) is 10.8 Å². The van der Waals surface area contributed by atoms with E-state index in [1.165, 1.54) is 11.3 Å². The number of aromatic nitrogens is 2. The molecule has 1 amide bonds. The number of nitrogens with zero attached hydrogens (tertiary/aromatic N) is 2. The van der Waals surface area contributed by atoms with Crippen LogP contribution in [0.3, 0.4) is 0 Å². The van der Waals surface area contributed by atoms with E-state index in [0.717, 1.165) is 14.9 Å². The van der Waals surface area contributed by atoms with Crippen molar-refractivity contribution in [3.63, 3.8) is 0 Å². The molecule has 0 aliphatic heterocycles. The van der Waals surface area contributed by atoms with Gasteiger partial charge in [0.2, 0.25) is 0 Å². The Morgan fingerprint density at radius 2 is 2.23 bits per heavy atom. The second-order valence-corrected chi connectivity index (χ2v) is 6.76. The van der Waals surface area contributed by atoms with Crippen LogP contribution in [0.1, 0.15) is 20.9 Å². The number of amides is 1. The molecule has 0 aliphatic carbocycles. The summed E-state index contributed by atoms with van der Waals surface area (Å²) < 4.78 is 6.05. The number of hydrogen-bond donors (Lipinski definition) is 1. The molecule has 0 aliphatic rings. The fourth-order valence-corrected chi connectivity index (χ4v) is 3.35. The number of aryl methyl sites for hydroxylation is 2. The molecule has 1 N–H and O–H groups in total. The Hall–Kier alpha value is -1.99. The summed E-state index contributed by atoms with van der Waals surface area (Å²) in [6.07, 6.45) is 3.28. The molecule has 0 radical (unpaired) electrons. The monoisotopic (exact) mass is 377 g/mol. The molecule has 3 aromatic heterocycles. The molecule has 0 spiro atoms. The molecule has 112 valence electrons. The molecule has 0 fully saturated rings. The number of nitrogens with one attached hydrogen (secondary N) is 1. The first-order valence-corrected chi connectivity index (χ1v) is 8.10. The number of rotatable bonds is 3. The van der Waals surface area contributed by atoms with Crippen molar-refractivity contribution < 1.29 is 9.21 Å². The molecule has 0 unspecified atom stereocenters. The number of anilines is 1. The van der Waals surface area contributed by atoms with Crippen molar-refractivity contribution >= 4 is 39.0 Å². The van der Waals surface area contributed by atoms with Crippen LogP contribution in [-0.2, 0) is 0 Å². The number of thiazole rings is 1. The second kappa shape index (κ2) is 6.02. The van der Waals surface area contributed by atoms with E-state index in [-0.39, 0.29) is 5.91 Å². The minimum atomic E-state index is -0.288. The highest BCUT2D eigenvalue weighted by molar-refractivity contribution is 9.10. The molecule has 0 atom stereocenters. The van der Waals surface area contributed by atoms with E-state index in [4.69, 9.17) is 4.42 Å². The number of furan rings is 1. The van der Waals surface area contributed by atoms with E-state index < -0.39 is 0 Å². The first-order valence-electron chi connectivity index (χ1n) is 6.49. The van der Waals surface area contributed by atoms with Gasteiger partial charge in [0.25, 0.3) is 5.91 Å². The maximum atomic E-state index is 12.4. The van der Waals surface area contributed by atoms with E-state index in [1.807, 2.05) is 26.0 Å². The van der Waals surface area contributed by atoms with Gasteiger partial charge in [-0.1, -0.05) is 0 Å². The third-order valence-corrected chi connectivity index (χ3v) is 4.54. The zero-order valence-electron chi connectivity index (χ0n) is 11.9. The van der Waals surface area contributed by atoms with Crippen molar-refractivity contribution in [2.45, 2.75) is 13.8 Å². The topological polar surface area (TPSA) is 68.0 Å². The van der Waals surface area contributed by atoms with Crippen LogP contribution in [0.2, 0.25) is 0 Å². The number of hydrogen-bond acceptors (Lipinski definition) is 5. The zero-order chi connectivity index (χ0) is 15.7. The predicted molar refractivity (Wildman–Crippen MR) is 89.2 cm³/mol. The summed E-state index contributed by atoms with van der Waals surface area (Å²) in [7, 11) is 0. The minimum Gasteiger partial charge on any atom is -0.462 e. The van der Waals surface area contributed by atoms with Gasteiger partial charge < -0.3 is 9.73 Å². The van der Waals surface area contributed by atoms with Crippen LogP contribution in [0.4, 0.5) is 5.82 Å². The molecule has 3 rings (SSSR count). The van der Waals surface area contributed by atoms with Crippen LogP contribution in [0.5, 0.6) is 0 Å². The van der Waals surface area contributed by atoms with Gasteiger partial charge in [0.1, 0.15) is 11.5 Å². The molecular weight excluding hydrogens is 366 g/mol. The van der Waals surface area contributed by atoms with Gasteiger partial charge in [-0.3, -0.25) is 4.79 Å². The molecule has 0 aromatic carbocycles. The van der Waals surface area contributed by atoms with Gasteiger partial charge in [-0.15, -0.1) is 11.3 Å². The fraction of sp³-hybridized carbons (Fsp3) is 0.133. The molecule has 0 bridgehead atoms. The van der Waals surface area contributed by atoms with Crippen molar-refractivity contribution in [3.05, 3.63) is 51.3 Å². The standard InChI is InChI=1S/C15H12BrN3O2S/c1-8-6-10(16)13(17-7-8)19-14(20)12-9(2)22-15(18-12)11-4-3-5-21-11/h3-7H,1-2H3,(H,17,19,20). The number of carbonyl (C=O) groups excluding carboxylic acids is 1. The number of carbonyl (C=O) groups is 1. The summed E-state index contributed by atoms with van der Waals surface area (Å²) in [4.78, 5) is 21.8. The molecule has 3 aromatic rings. The van der Waals surface area contributed by atoms with Gasteiger partial charge in [-0.2, -0.15) is 0 Å². The van der Waals surface area contributed by atoms with E-state index in [0.29, 0.717) is 22.3 Å². The van der Waals surface area contributed by atoms with Crippen LogP contribution in [0.15, 0.2) is 39.5 Å². The Labute approximate surface area is 139 Å². The largest absolute Gasteiger partial charge is 0.462 e. The van der Waals surface area contributed by atoms with Crippen LogP contribution in [0.25, 0.3) is 10.8 Å². The summed E-state index contributed by atoms with van der Waals surface area (Å²) in [5.41, 5.74) is 1.39. The Bertz CT molecular complexity index is 827. The lowest BCUT2D eigenvalue weighted by molar-refractivity contribution is 0.102. The SMILES string of the molecule is Cc1cnc(NC(=O)c2nc(-c3ccco3)sc2C)c(Br)c1. The molecule has 0 saturated heterocycles. The molecule has 5 nitrogen and oxygen atoms in total. The van der Waals surface area contributed by atoms with E-state index in [9.17, 15) is 4.79 Å². The Morgan fingerprint density at radius 1 is 1.41 bits per heavy atom. The van der Waals surface area contributed by atoms with Crippen molar-refractivity contribution in [1.29, 1.82) is 0 Å². The van der Waals surface area contributed by atoms with Crippen molar-refractivity contribution in [2.75, 3.05) is 5.32 Å². The smallest absolute Gasteiger partial charge is 0.276 e. The fourth-order valence-electron chi connectivity index (χ4n) is 1.91. The summed E-state index contributed by atoms with van der Waals surface area (Å²) in [5, 5.41) is 3.45. The molecule has 0 saturated carbocycles. The lowest BCUT2D eigenvalue weighted by Gasteiger charge is -2.05. The number of pyridine rings is 1. The molecule has 22 heavy (non-hydrogen) atoms. The third-order valence-electron chi connectivity index (χ3n) is 2.95. The summed E-state index contributed by atoms with van der Waals surface area (Å²) in [6.45, 7) is 3.79. The van der Waals surface area contributed by atoms with Gasteiger partial charge in [-0.05, 0) is 53.5 Å². The average molecular weight is 378 g/mol. The van der Waals surface area contributed by atoms with Gasteiger partial charge >= 0.3 is 0 Å². The van der Waals surface area contributed by atoms with Gasteiger partial charge in [0.15, 0.2) is 10.8 Å². The summed E-state index contributed by atoms with van der Waals surface area (Å²) >= 11 is 4.81. The quantitative estimate of drug-likeness (QED) is 0.732. The van der Waals surface area contributed by atoms with Gasteiger partial charge in [0.05, 0.1) is 10.7 Å². The molecule has 3 heterocycles. The molecular formula is C15H12BrN3O2S. The highest BCUT2D eigenvalue weighted by Crippen LogP contribution is 2.29. The third kappa shape index (κ3) is 2.95. The Kier molecular flexibility index (Phi) is 4.08. The van der Waals surface area contributed by atoms with Gasteiger partial charge in [0, 0.05) is 11.1 Å². The maximum Gasteiger partial charge on any atom is 0.276 e. The number of halogens is 1. The van der Waals surface area contributed by atoms with E-state index in [1.54, 1.807) is 18.5 Å². The second-order valence-electron chi connectivity index (χ2n) is 4.70. The first kappa shape index (κ1) is 14.9. The lowest BCUT2D eigenvalue weighted by atomic mass is 10.3. The van der Waals surface area contributed by atoms with Crippen molar-refractivity contribution in [2.24, 2.45) is 0 Å². The summed E-state index contributed by atoms with van der Waals surface area (Å²) in [6, 6.07) is 5.50. The van der Waals surface area contributed by atoms with Gasteiger partial charge in [-0.25, -0.2) is 9.97 Å². The Morgan fingerprint density at radius 3 is 2.91 bits per heavy atom. The van der Waals surface area contributed by atoms with Crippen LogP contribution in [0, 0.1) is 13.8 Å². The minimum absolute atomic E-state index is 0.288. The highest BCUT2D eigenvalue weighted by Gasteiger charge is 2.18. The Balaban J connectivity index is 1.86. The van der Waals surface area contributed by atoms with Crippen LogP contribution >= 0.6 is 27.3 Å². The van der Waals surface area contributed by atoms with E-state index >= 15 is 0 Å². The summed E-state index contributed by atoms with van der Waals surface area (Å²) in [5.74, 6) is 0.841. The first-order chi connectivity index (χ1) is 10.5. The van der Waals surface area contributed by atoms with Crippen LogP contribution < -0.4 is 5.32 Å². The normalized spacial score (nSPS) is 10.7. The van der Waals surface area contributed by atoms with Crippen molar-refractivity contribution in [1.82, 2.24) is 9.97 Å². The highest BCUT2D eigenvalue weighted by atomic mass is 79.9. The maximum absolute atomic E-state index is 12.4.